The highest BCUT2D eigenvalue weighted by atomic mass is 16.5. The number of anilines is 1. The van der Waals surface area contributed by atoms with Crippen molar-refractivity contribution in [3.8, 4) is 17.4 Å². The average molecular weight is 256 g/mol. The van der Waals surface area contributed by atoms with Gasteiger partial charge in [0.1, 0.15) is 11.3 Å². The first-order chi connectivity index (χ1) is 9.06. The van der Waals surface area contributed by atoms with Crippen molar-refractivity contribution in [2.24, 2.45) is 0 Å². The molecule has 96 valence electrons. The Morgan fingerprint density at radius 3 is 2.89 bits per heavy atom. The molecule has 1 amide bonds. The monoisotopic (exact) mass is 256 g/mol. The van der Waals surface area contributed by atoms with Gasteiger partial charge < -0.3 is 14.7 Å². The molecule has 1 aromatic carbocycles. The van der Waals surface area contributed by atoms with Crippen molar-refractivity contribution in [2.45, 2.75) is 6.92 Å². The number of nitrogens with zero attached hydrogens (tertiary/aromatic N) is 2. The van der Waals surface area contributed by atoms with Gasteiger partial charge in [0.05, 0.1) is 11.9 Å². The van der Waals surface area contributed by atoms with Crippen LogP contribution in [0.3, 0.4) is 0 Å². The number of hydrogen-bond donors (Lipinski definition) is 1. The molecule has 1 aliphatic rings. The normalized spacial score (nSPS) is 13.4. The Bertz CT molecular complexity index is 682. The van der Waals surface area contributed by atoms with Gasteiger partial charge in [0, 0.05) is 7.05 Å². The Hall–Kier alpha value is -2.56. The van der Waals surface area contributed by atoms with Crippen molar-refractivity contribution in [1.29, 1.82) is 0 Å². The Morgan fingerprint density at radius 2 is 2.11 bits per heavy atom. The minimum atomic E-state index is -0.263. The lowest BCUT2D eigenvalue weighted by Gasteiger charge is -2.16. The minimum absolute atomic E-state index is 0.0637. The molecule has 3 rings (SSSR count). The van der Waals surface area contributed by atoms with E-state index >= 15 is 0 Å². The fourth-order valence-electron chi connectivity index (χ4n) is 2.05. The molecule has 0 saturated heterocycles. The van der Waals surface area contributed by atoms with Crippen molar-refractivity contribution >= 4 is 11.6 Å². The van der Waals surface area contributed by atoms with Crippen molar-refractivity contribution in [3.63, 3.8) is 0 Å². The van der Waals surface area contributed by atoms with E-state index in [1.807, 2.05) is 25.1 Å². The summed E-state index contributed by atoms with van der Waals surface area (Å²) in [7, 11) is 1.67. The van der Waals surface area contributed by atoms with Crippen LogP contribution in [0.15, 0.2) is 30.5 Å². The zero-order valence-corrected chi connectivity index (χ0v) is 10.5. The van der Waals surface area contributed by atoms with E-state index in [4.69, 9.17) is 4.74 Å². The molecule has 5 heteroatoms. The molecule has 0 radical (unpaired) electrons. The number of rotatable bonds is 0. The molecule has 1 N–H and O–H groups in total. The predicted octanol–water partition coefficient (Wildman–Crippen LogP) is 2.48. The van der Waals surface area contributed by atoms with Crippen LogP contribution in [-0.4, -0.2) is 23.0 Å². The largest absolute Gasteiger partial charge is 0.506 e. The van der Waals surface area contributed by atoms with Gasteiger partial charge in [-0.15, -0.1) is 0 Å². The van der Waals surface area contributed by atoms with Gasteiger partial charge in [-0.3, -0.25) is 4.79 Å². The van der Waals surface area contributed by atoms with Gasteiger partial charge in [-0.05, 0) is 30.7 Å². The van der Waals surface area contributed by atoms with E-state index < -0.39 is 0 Å². The zero-order chi connectivity index (χ0) is 13.6. The third-order valence-electron chi connectivity index (χ3n) is 3.06. The van der Waals surface area contributed by atoms with Gasteiger partial charge in [0.2, 0.25) is 5.88 Å². The number of carbonyl (C=O) groups is 1. The molecule has 5 nitrogen and oxygen atoms in total. The first kappa shape index (κ1) is 11.5. The molecule has 0 bridgehead atoms. The topological polar surface area (TPSA) is 62.7 Å². The predicted molar refractivity (Wildman–Crippen MR) is 69.9 cm³/mol. The van der Waals surface area contributed by atoms with Gasteiger partial charge >= 0.3 is 0 Å². The average Bonchev–Trinajstić information content (AvgIpc) is 2.48. The number of ether oxygens (including phenoxy) is 1. The third-order valence-corrected chi connectivity index (χ3v) is 3.06. The Morgan fingerprint density at radius 1 is 1.32 bits per heavy atom. The van der Waals surface area contributed by atoms with Crippen molar-refractivity contribution in [2.75, 3.05) is 11.9 Å². The fraction of sp³-hybridized carbons (Fsp3) is 0.143. The second-order valence-electron chi connectivity index (χ2n) is 4.48. The Kier molecular flexibility index (Phi) is 2.41. The molecular formula is C14H12N2O3. The van der Waals surface area contributed by atoms with Crippen LogP contribution in [0.4, 0.5) is 5.69 Å². The number of benzene rings is 1. The molecule has 1 aliphatic heterocycles. The van der Waals surface area contributed by atoms with Gasteiger partial charge in [-0.1, -0.05) is 6.07 Å². The van der Waals surface area contributed by atoms with E-state index in [2.05, 4.69) is 4.98 Å². The number of hydrogen-bond acceptors (Lipinski definition) is 4. The van der Waals surface area contributed by atoms with Gasteiger partial charge in [-0.2, -0.15) is 0 Å². The van der Waals surface area contributed by atoms with Crippen LogP contribution in [0.1, 0.15) is 15.9 Å². The van der Waals surface area contributed by atoms with Crippen LogP contribution < -0.4 is 9.64 Å². The van der Waals surface area contributed by atoms with Gasteiger partial charge in [0.15, 0.2) is 5.75 Å². The molecule has 2 heterocycles. The van der Waals surface area contributed by atoms with Crippen LogP contribution in [0.5, 0.6) is 17.4 Å². The lowest BCUT2D eigenvalue weighted by molar-refractivity contribution is 0.0992. The van der Waals surface area contributed by atoms with Crippen LogP contribution in [-0.2, 0) is 0 Å². The van der Waals surface area contributed by atoms with E-state index in [0.29, 0.717) is 11.4 Å². The number of amides is 1. The first-order valence-electron chi connectivity index (χ1n) is 5.82. The van der Waals surface area contributed by atoms with Crippen molar-refractivity contribution < 1.29 is 14.6 Å². The molecule has 0 spiro atoms. The lowest BCUT2D eigenvalue weighted by atomic mass is 10.2. The van der Waals surface area contributed by atoms with E-state index in [-0.39, 0.29) is 23.1 Å². The summed E-state index contributed by atoms with van der Waals surface area (Å²) in [6, 6.07) is 6.95. The molecule has 0 unspecified atom stereocenters. The zero-order valence-electron chi connectivity index (χ0n) is 10.5. The first-order valence-corrected chi connectivity index (χ1v) is 5.82. The van der Waals surface area contributed by atoms with E-state index in [9.17, 15) is 9.90 Å². The van der Waals surface area contributed by atoms with Crippen LogP contribution >= 0.6 is 0 Å². The molecule has 1 aromatic heterocycles. The Labute approximate surface area is 110 Å². The maximum absolute atomic E-state index is 12.3. The highest BCUT2D eigenvalue weighted by Crippen LogP contribution is 2.38. The highest BCUT2D eigenvalue weighted by Gasteiger charge is 2.27. The van der Waals surface area contributed by atoms with Crippen LogP contribution in [0, 0.1) is 6.92 Å². The van der Waals surface area contributed by atoms with E-state index in [0.717, 1.165) is 5.56 Å². The quantitative estimate of drug-likeness (QED) is 0.786. The summed E-state index contributed by atoms with van der Waals surface area (Å²) in [6.07, 6.45) is 1.26. The number of aromatic nitrogens is 1. The van der Waals surface area contributed by atoms with E-state index in [1.165, 1.54) is 17.2 Å². The number of pyridine rings is 1. The van der Waals surface area contributed by atoms with Crippen molar-refractivity contribution in [1.82, 2.24) is 4.98 Å². The maximum Gasteiger partial charge on any atom is 0.263 e. The number of aryl methyl sites for hydroxylation is 1. The SMILES string of the molecule is Cc1ccc2c(c1)Oc1ncc(O)cc1C(=O)N2C. The summed E-state index contributed by atoms with van der Waals surface area (Å²) >= 11 is 0. The highest BCUT2D eigenvalue weighted by molar-refractivity contribution is 6.09. The summed E-state index contributed by atoms with van der Waals surface area (Å²) in [6.45, 7) is 1.95. The van der Waals surface area contributed by atoms with Crippen LogP contribution in [0.25, 0.3) is 0 Å². The lowest BCUT2D eigenvalue weighted by Crippen LogP contribution is -2.25. The van der Waals surface area contributed by atoms with E-state index in [1.54, 1.807) is 7.05 Å². The summed E-state index contributed by atoms with van der Waals surface area (Å²) in [5, 5.41) is 9.46. The molecule has 0 aliphatic carbocycles. The Balaban J connectivity index is 2.23. The second-order valence-corrected chi connectivity index (χ2v) is 4.48. The molecular weight excluding hydrogens is 244 g/mol. The number of carbonyl (C=O) groups excluding carboxylic acids is 1. The summed E-state index contributed by atoms with van der Waals surface area (Å²) in [4.78, 5) is 17.8. The molecule has 19 heavy (non-hydrogen) atoms. The minimum Gasteiger partial charge on any atom is -0.506 e. The molecule has 0 fully saturated rings. The van der Waals surface area contributed by atoms with Crippen molar-refractivity contribution in [3.05, 3.63) is 41.6 Å². The number of aromatic hydroxyl groups is 1. The maximum atomic E-state index is 12.3. The molecule has 0 atom stereocenters. The second kappa shape index (κ2) is 3.98. The smallest absolute Gasteiger partial charge is 0.263 e. The van der Waals surface area contributed by atoms with Gasteiger partial charge in [0.25, 0.3) is 5.91 Å². The third kappa shape index (κ3) is 1.79. The summed E-state index contributed by atoms with van der Waals surface area (Å²) in [5.41, 5.74) is 1.95. The molecule has 2 aromatic rings. The van der Waals surface area contributed by atoms with Crippen LogP contribution in [0.2, 0.25) is 0 Å². The number of fused-ring (bicyclic) bond motifs is 2. The summed E-state index contributed by atoms with van der Waals surface area (Å²) < 4.78 is 5.69. The fourth-order valence-corrected chi connectivity index (χ4v) is 2.05. The standard InChI is InChI=1S/C14H12N2O3/c1-8-3-4-11-12(5-8)19-13-10(14(18)16(11)2)6-9(17)7-15-13/h3-7,17H,1-2H3. The van der Waals surface area contributed by atoms with Gasteiger partial charge in [-0.25, -0.2) is 4.98 Å². The molecule has 0 saturated carbocycles. The summed E-state index contributed by atoms with van der Waals surface area (Å²) in [5.74, 6) is 0.457.